The molecule has 1 unspecified atom stereocenters. The van der Waals surface area contributed by atoms with Crippen LogP contribution in [0.25, 0.3) is 0 Å². The molecule has 1 atom stereocenters. The van der Waals surface area contributed by atoms with E-state index in [1.165, 1.54) is 63.6 Å². The molecule has 3 rings (SSSR count). The van der Waals surface area contributed by atoms with Crippen LogP contribution < -0.4 is 10.6 Å². The van der Waals surface area contributed by atoms with Crippen LogP contribution in [0.3, 0.4) is 0 Å². The lowest BCUT2D eigenvalue weighted by Crippen LogP contribution is -2.41. The second kappa shape index (κ2) is 7.24. The molecule has 2 nitrogen and oxygen atoms in total. The summed E-state index contributed by atoms with van der Waals surface area (Å²) in [5.74, 6) is 0.792. The summed E-state index contributed by atoms with van der Waals surface area (Å²) >= 11 is 0. The van der Waals surface area contributed by atoms with Crippen molar-refractivity contribution in [2.45, 2.75) is 57.0 Å². The van der Waals surface area contributed by atoms with Gasteiger partial charge in [-0.2, -0.15) is 0 Å². The van der Waals surface area contributed by atoms with E-state index >= 15 is 0 Å². The third-order valence-electron chi connectivity index (χ3n) is 5.03. The van der Waals surface area contributed by atoms with Gasteiger partial charge in [0.1, 0.15) is 0 Å². The normalized spacial score (nSPS) is 23.6. The molecule has 1 heterocycles. The molecule has 0 aromatic heterocycles. The first-order valence-corrected chi connectivity index (χ1v) is 8.45. The zero-order valence-electron chi connectivity index (χ0n) is 12.5. The molecule has 1 aromatic rings. The Labute approximate surface area is 123 Å². The first-order valence-electron chi connectivity index (χ1n) is 8.45. The van der Waals surface area contributed by atoms with E-state index in [-0.39, 0.29) is 0 Å². The minimum absolute atomic E-state index is 0.557. The number of rotatable bonds is 4. The minimum Gasteiger partial charge on any atom is -0.317 e. The van der Waals surface area contributed by atoms with E-state index in [4.69, 9.17) is 0 Å². The van der Waals surface area contributed by atoms with E-state index in [9.17, 15) is 0 Å². The zero-order valence-corrected chi connectivity index (χ0v) is 12.5. The van der Waals surface area contributed by atoms with Crippen LogP contribution in [0.5, 0.6) is 0 Å². The van der Waals surface area contributed by atoms with E-state index < -0.39 is 0 Å². The summed E-state index contributed by atoms with van der Waals surface area (Å²) in [4.78, 5) is 0. The molecule has 0 radical (unpaired) electrons. The molecule has 1 aliphatic carbocycles. The van der Waals surface area contributed by atoms with Crippen molar-refractivity contribution < 1.29 is 0 Å². The van der Waals surface area contributed by atoms with Gasteiger partial charge >= 0.3 is 0 Å². The van der Waals surface area contributed by atoms with E-state index in [1.54, 1.807) is 0 Å². The fourth-order valence-electron chi connectivity index (χ4n) is 3.87. The number of nitrogens with one attached hydrogen (secondary N) is 2. The van der Waals surface area contributed by atoms with Crippen LogP contribution in [-0.4, -0.2) is 19.1 Å². The molecular weight excluding hydrogens is 244 g/mol. The summed E-state index contributed by atoms with van der Waals surface area (Å²) in [6, 6.07) is 12.4. The lowest BCUT2D eigenvalue weighted by Gasteiger charge is -2.36. The van der Waals surface area contributed by atoms with Crippen molar-refractivity contribution >= 4 is 0 Å². The van der Waals surface area contributed by atoms with Gasteiger partial charge in [-0.1, -0.05) is 49.6 Å². The molecule has 20 heavy (non-hydrogen) atoms. The van der Waals surface area contributed by atoms with Crippen LogP contribution in [0.2, 0.25) is 0 Å². The van der Waals surface area contributed by atoms with Gasteiger partial charge in [0.05, 0.1) is 0 Å². The molecule has 1 saturated carbocycles. The smallest absolute Gasteiger partial charge is 0.0351 e. The van der Waals surface area contributed by atoms with Crippen molar-refractivity contribution in [1.29, 1.82) is 0 Å². The van der Waals surface area contributed by atoms with Crippen LogP contribution in [0.1, 0.15) is 56.6 Å². The summed E-state index contributed by atoms with van der Waals surface area (Å²) < 4.78 is 0. The highest BCUT2D eigenvalue weighted by atomic mass is 15.0. The van der Waals surface area contributed by atoms with Crippen molar-refractivity contribution in [3.05, 3.63) is 35.9 Å². The zero-order chi connectivity index (χ0) is 13.6. The first-order chi connectivity index (χ1) is 9.93. The summed E-state index contributed by atoms with van der Waals surface area (Å²) in [5.41, 5.74) is 1.49. The van der Waals surface area contributed by atoms with Crippen molar-refractivity contribution in [3.8, 4) is 0 Å². The standard InChI is InChI=1S/C18H28N2/c1-3-7-15(8-4-1)18(16-11-13-19-14-12-16)20-17-9-5-2-6-10-17/h1,3-4,7-8,16-20H,2,5-6,9-14H2. The molecule has 2 fully saturated rings. The molecule has 0 spiro atoms. The average molecular weight is 272 g/mol. The Kier molecular flexibility index (Phi) is 5.10. The van der Waals surface area contributed by atoms with E-state index in [2.05, 4.69) is 41.0 Å². The quantitative estimate of drug-likeness (QED) is 0.874. The Bertz CT molecular complexity index is 378. The Hall–Kier alpha value is -0.860. The van der Waals surface area contributed by atoms with Crippen molar-refractivity contribution in [2.24, 2.45) is 5.92 Å². The highest BCUT2D eigenvalue weighted by Crippen LogP contribution is 2.31. The van der Waals surface area contributed by atoms with E-state index in [1.807, 2.05) is 0 Å². The first kappa shape index (κ1) is 14.1. The van der Waals surface area contributed by atoms with Gasteiger partial charge in [-0.25, -0.2) is 0 Å². The third kappa shape index (κ3) is 3.62. The van der Waals surface area contributed by atoms with Gasteiger partial charge in [-0.05, 0) is 50.3 Å². The number of benzene rings is 1. The van der Waals surface area contributed by atoms with Crippen LogP contribution >= 0.6 is 0 Å². The van der Waals surface area contributed by atoms with Gasteiger partial charge in [0.2, 0.25) is 0 Å². The molecular formula is C18H28N2. The van der Waals surface area contributed by atoms with Gasteiger partial charge in [-0.15, -0.1) is 0 Å². The van der Waals surface area contributed by atoms with Gasteiger partial charge < -0.3 is 10.6 Å². The molecule has 1 aliphatic heterocycles. The maximum atomic E-state index is 4.01. The Morgan fingerprint density at radius 2 is 1.60 bits per heavy atom. The Morgan fingerprint density at radius 1 is 0.900 bits per heavy atom. The highest BCUT2D eigenvalue weighted by molar-refractivity contribution is 5.20. The maximum absolute atomic E-state index is 4.01. The van der Waals surface area contributed by atoms with E-state index in [0.29, 0.717) is 6.04 Å². The number of hydrogen-bond donors (Lipinski definition) is 2. The Morgan fingerprint density at radius 3 is 2.30 bits per heavy atom. The van der Waals surface area contributed by atoms with Crippen LogP contribution in [0.4, 0.5) is 0 Å². The molecule has 0 amide bonds. The van der Waals surface area contributed by atoms with Crippen molar-refractivity contribution in [1.82, 2.24) is 10.6 Å². The van der Waals surface area contributed by atoms with Crippen LogP contribution in [-0.2, 0) is 0 Å². The van der Waals surface area contributed by atoms with E-state index in [0.717, 1.165) is 12.0 Å². The molecule has 2 N–H and O–H groups in total. The molecule has 1 aromatic carbocycles. The topological polar surface area (TPSA) is 24.1 Å². The van der Waals surface area contributed by atoms with Crippen molar-refractivity contribution in [3.63, 3.8) is 0 Å². The predicted octanol–water partition coefficient (Wildman–Crippen LogP) is 3.65. The third-order valence-corrected chi connectivity index (χ3v) is 5.03. The summed E-state index contributed by atoms with van der Waals surface area (Å²) in [7, 11) is 0. The predicted molar refractivity (Wildman–Crippen MR) is 84.8 cm³/mol. The van der Waals surface area contributed by atoms with Crippen LogP contribution in [0.15, 0.2) is 30.3 Å². The fourth-order valence-corrected chi connectivity index (χ4v) is 3.87. The van der Waals surface area contributed by atoms with Gasteiger partial charge in [0, 0.05) is 12.1 Å². The maximum Gasteiger partial charge on any atom is 0.0351 e. The van der Waals surface area contributed by atoms with Gasteiger partial charge in [0.25, 0.3) is 0 Å². The summed E-state index contributed by atoms with van der Waals surface area (Å²) in [5, 5.41) is 7.51. The second-order valence-electron chi connectivity index (χ2n) is 6.48. The lowest BCUT2D eigenvalue weighted by atomic mass is 9.84. The molecule has 0 bridgehead atoms. The van der Waals surface area contributed by atoms with Gasteiger partial charge in [-0.3, -0.25) is 0 Å². The molecule has 110 valence electrons. The molecule has 2 aliphatic rings. The number of piperidine rings is 1. The van der Waals surface area contributed by atoms with Gasteiger partial charge in [0.15, 0.2) is 0 Å². The lowest BCUT2D eigenvalue weighted by molar-refractivity contribution is 0.241. The highest BCUT2D eigenvalue weighted by Gasteiger charge is 2.27. The largest absolute Gasteiger partial charge is 0.317 e. The summed E-state index contributed by atoms with van der Waals surface area (Å²) in [6.07, 6.45) is 9.60. The Balaban J connectivity index is 1.72. The fraction of sp³-hybridized carbons (Fsp3) is 0.667. The minimum atomic E-state index is 0.557. The molecule has 1 saturated heterocycles. The average Bonchev–Trinajstić information content (AvgIpc) is 2.55. The SMILES string of the molecule is c1ccc(C(NC2CCCCC2)C2CCNCC2)cc1. The van der Waals surface area contributed by atoms with Crippen molar-refractivity contribution in [2.75, 3.05) is 13.1 Å². The monoisotopic (exact) mass is 272 g/mol. The van der Waals surface area contributed by atoms with Crippen LogP contribution in [0, 0.1) is 5.92 Å². The number of hydrogen-bond acceptors (Lipinski definition) is 2. The summed E-state index contributed by atoms with van der Waals surface area (Å²) in [6.45, 7) is 2.36. The second-order valence-corrected chi connectivity index (χ2v) is 6.48. The molecule has 2 heteroatoms.